The molecule has 2 rings (SSSR count). The molecule has 0 spiro atoms. The molecule has 0 amide bonds. The topological polar surface area (TPSA) is 72.6 Å². The van der Waals surface area contributed by atoms with Crippen LogP contribution in [-0.2, 0) is 0 Å². The third-order valence-corrected chi connectivity index (χ3v) is 3.01. The molecular formula is C14H11BrN4. The minimum Gasteiger partial charge on any atom is -0.340 e. The molecule has 0 fully saturated rings. The second-order valence-corrected chi connectivity index (χ2v) is 4.91. The zero-order chi connectivity index (χ0) is 13.8. The molecule has 19 heavy (non-hydrogen) atoms. The summed E-state index contributed by atoms with van der Waals surface area (Å²) in [5.41, 5.74) is 2.85. The number of hydrogen-bond donors (Lipinski definition) is 2. The molecule has 0 aliphatic heterocycles. The number of halogens is 1. The van der Waals surface area contributed by atoms with Crippen LogP contribution in [0.4, 0.5) is 11.5 Å². The number of nitrogens with one attached hydrogen (secondary N) is 2. The maximum Gasteiger partial charge on any atom is 0.131 e. The van der Waals surface area contributed by atoms with Crippen molar-refractivity contribution in [3.8, 4) is 6.07 Å². The van der Waals surface area contributed by atoms with Crippen LogP contribution < -0.4 is 5.32 Å². The van der Waals surface area contributed by atoms with Gasteiger partial charge in [-0.3, -0.25) is 0 Å². The first-order valence-electron chi connectivity index (χ1n) is 5.58. The van der Waals surface area contributed by atoms with Gasteiger partial charge >= 0.3 is 0 Å². The van der Waals surface area contributed by atoms with E-state index in [2.05, 4.69) is 32.3 Å². The fourth-order valence-electron chi connectivity index (χ4n) is 1.70. The van der Waals surface area contributed by atoms with E-state index >= 15 is 0 Å². The van der Waals surface area contributed by atoms with E-state index in [1.807, 2.05) is 25.1 Å². The zero-order valence-corrected chi connectivity index (χ0v) is 11.8. The van der Waals surface area contributed by atoms with Crippen molar-refractivity contribution in [2.45, 2.75) is 6.92 Å². The predicted molar refractivity (Wildman–Crippen MR) is 79.0 cm³/mol. The van der Waals surface area contributed by atoms with Crippen LogP contribution in [0.5, 0.6) is 0 Å². The Kier molecular flexibility index (Phi) is 3.93. The molecule has 2 aromatic rings. The largest absolute Gasteiger partial charge is 0.340 e. The number of rotatable bonds is 3. The minimum absolute atomic E-state index is 0.557. The van der Waals surface area contributed by atoms with Gasteiger partial charge in [-0.05, 0) is 31.2 Å². The van der Waals surface area contributed by atoms with Gasteiger partial charge < -0.3 is 10.7 Å². The van der Waals surface area contributed by atoms with Crippen molar-refractivity contribution in [1.29, 1.82) is 10.7 Å². The number of benzene rings is 1. The highest BCUT2D eigenvalue weighted by Gasteiger charge is 2.04. The molecule has 0 saturated carbocycles. The standard InChI is InChI=1S/C14H11BrN4/c1-9-4-10(7-16)5-14(18-9)19-13-6-12(15)3-2-11(13)8-17/h2-6,8,17H,1H3,(H,18,19). The van der Waals surface area contributed by atoms with Gasteiger partial charge in [-0.25, -0.2) is 4.98 Å². The number of pyridine rings is 1. The minimum atomic E-state index is 0.557. The van der Waals surface area contributed by atoms with Crippen molar-refractivity contribution in [2.75, 3.05) is 5.32 Å². The van der Waals surface area contributed by atoms with E-state index in [0.717, 1.165) is 21.4 Å². The number of nitriles is 1. The molecule has 0 bridgehead atoms. The van der Waals surface area contributed by atoms with Crippen LogP contribution in [0.1, 0.15) is 16.8 Å². The highest BCUT2D eigenvalue weighted by Crippen LogP contribution is 2.23. The van der Waals surface area contributed by atoms with Crippen LogP contribution in [-0.4, -0.2) is 11.2 Å². The van der Waals surface area contributed by atoms with Gasteiger partial charge in [0.1, 0.15) is 5.82 Å². The Labute approximate surface area is 119 Å². The summed E-state index contributed by atoms with van der Waals surface area (Å²) < 4.78 is 0.911. The van der Waals surface area contributed by atoms with Gasteiger partial charge in [0.25, 0.3) is 0 Å². The lowest BCUT2D eigenvalue weighted by Gasteiger charge is -2.10. The first kappa shape index (κ1) is 13.2. The third-order valence-electron chi connectivity index (χ3n) is 2.52. The highest BCUT2D eigenvalue weighted by atomic mass is 79.9. The molecule has 1 heterocycles. The third kappa shape index (κ3) is 3.18. The molecule has 0 unspecified atom stereocenters. The van der Waals surface area contributed by atoms with Gasteiger partial charge in [-0.2, -0.15) is 5.26 Å². The lowest BCUT2D eigenvalue weighted by atomic mass is 10.2. The lowest BCUT2D eigenvalue weighted by Crippen LogP contribution is -1.99. The second kappa shape index (κ2) is 5.63. The van der Waals surface area contributed by atoms with E-state index in [9.17, 15) is 0 Å². The van der Waals surface area contributed by atoms with Crippen LogP contribution in [0, 0.1) is 23.7 Å². The van der Waals surface area contributed by atoms with Crippen molar-refractivity contribution in [2.24, 2.45) is 0 Å². The summed E-state index contributed by atoms with van der Waals surface area (Å²) >= 11 is 3.39. The van der Waals surface area contributed by atoms with E-state index in [1.54, 1.807) is 12.1 Å². The molecule has 94 valence electrons. The van der Waals surface area contributed by atoms with E-state index in [1.165, 1.54) is 6.21 Å². The predicted octanol–water partition coefficient (Wildman–Crippen LogP) is 3.77. The number of aromatic nitrogens is 1. The lowest BCUT2D eigenvalue weighted by molar-refractivity contribution is 1.19. The van der Waals surface area contributed by atoms with Crippen LogP contribution >= 0.6 is 15.9 Å². The van der Waals surface area contributed by atoms with Crippen molar-refractivity contribution in [3.63, 3.8) is 0 Å². The molecule has 0 radical (unpaired) electrons. The number of nitrogens with zero attached hydrogens (tertiary/aromatic N) is 2. The highest BCUT2D eigenvalue weighted by molar-refractivity contribution is 9.10. The fourth-order valence-corrected chi connectivity index (χ4v) is 2.06. The van der Waals surface area contributed by atoms with Gasteiger partial charge in [0.05, 0.1) is 11.6 Å². The Balaban J connectivity index is 2.41. The molecule has 4 nitrogen and oxygen atoms in total. The van der Waals surface area contributed by atoms with Gasteiger partial charge in [-0.1, -0.05) is 22.0 Å². The first-order valence-corrected chi connectivity index (χ1v) is 6.37. The Morgan fingerprint density at radius 1 is 1.37 bits per heavy atom. The van der Waals surface area contributed by atoms with E-state index < -0.39 is 0 Å². The summed E-state index contributed by atoms with van der Waals surface area (Å²) in [6.07, 6.45) is 1.27. The average molecular weight is 315 g/mol. The van der Waals surface area contributed by atoms with E-state index in [4.69, 9.17) is 10.7 Å². The smallest absolute Gasteiger partial charge is 0.131 e. The van der Waals surface area contributed by atoms with Gasteiger partial charge in [0.15, 0.2) is 0 Å². The Morgan fingerprint density at radius 3 is 2.84 bits per heavy atom. The van der Waals surface area contributed by atoms with Crippen molar-refractivity contribution in [3.05, 3.63) is 51.6 Å². The number of anilines is 2. The van der Waals surface area contributed by atoms with Crippen LogP contribution in [0.15, 0.2) is 34.8 Å². The Morgan fingerprint density at radius 2 is 2.16 bits per heavy atom. The van der Waals surface area contributed by atoms with Crippen molar-refractivity contribution < 1.29 is 0 Å². The molecular weight excluding hydrogens is 304 g/mol. The first-order chi connectivity index (χ1) is 9.12. The quantitative estimate of drug-likeness (QED) is 0.847. The van der Waals surface area contributed by atoms with Crippen molar-refractivity contribution >= 4 is 33.6 Å². The number of aryl methyl sites for hydroxylation is 1. The fraction of sp³-hybridized carbons (Fsp3) is 0.0714. The summed E-state index contributed by atoms with van der Waals surface area (Å²) in [5.74, 6) is 0.595. The molecule has 1 aromatic heterocycles. The summed E-state index contributed by atoms with van der Waals surface area (Å²) in [6.45, 7) is 1.84. The zero-order valence-electron chi connectivity index (χ0n) is 10.2. The van der Waals surface area contributed by atoms with E-state index in [-0.39, 0.29) is 0 Å². The molecule has 5 heteroatoms. The summed E-state index contributed by atoms with van der Waals surface area (Å²) in [5, 5.41) is 19.5. The van der Waals surface area contributed by atoms with Crippen LogP contribution in [0.25, 0.3) is 0 Å². The molecule has 0 aliphatic carbocycles. The monoisotopic (exact) mass is 314 g/mol. The molecule has 0 aliphatic rings. The van der Waals surface area contributed by atoms with Crippen molar-refractivity contribution in [1.82, 2.24) is 4.98 Å². The maximum atomic E-state index is 8.95. The second-order valence-electron chi connectivity index (χ2n) is 4.00. The van der Waals surface area contributed by atoms with Gasteiger partial charge in [0, 0.05) is 27.6 Å². The summed E-state index contributed by atoms with van der Waals surface area (Å²) in [6, 6.07) is 11.1. The van der Waals surface area contributed by atoms with Crippen LogP contribution in [0.3, 0.4) is 0 Å². The average Bonchev–Trinajstić information content (AvgIpc) is 2.38. The molecule has 2 N–H and O–H groups in total. The van der Waals surface area contributed by atoms with Gasteiger partial charge in [0.2, 0.25) is 0 Å². The maximum absolute atomic E-state index is 8.95. The Hall–Kier alpha value is -2.19. The summed E-state index contributed by atoms with van der Waals surface area (Å²) in [7, 11) is 0. The SMILES string of the molecule is Cc1cc(C#N)cc(Nc2cc(Br)ccc2C=N)n1. The molecule has 0 saturated heterocycles. The van der Waals surface area contributed by atoms with E-state index in [0.29, 0.717) is 11.4 Å². The van der Waals surface area contributed by atoms with Gasteiger partial charge in [-0.15, -0.1) is 0 Å². The Bertz CT molecular complexity index is 674. The molecule has 0 atom stereocenters. The normalized spacial score (nSPS) is 9.74. The number of hydrogen-bond acceptors (Lipinski definition) is 4. The molecule has 1 aromatic carbocycles. The van der Waals surface area contributed by atoms with Crippen LogP contribution in [0.2, 0.25) is 0 Å². The summed E-state index contributed by atoms with van der Waals surface area (Å²) in [4.78, 5) is 4.33.